The predicted molar refractivity (Wildman–Crippen MR) is 115 cm³/mol. The maximum absolute atomic E-state index is 12.8. The normalized spacial score (nSPS) is 15.5. The van der Waals surface area contributed by atoms with E-state index in [0.29, 0.717) is 0 Å². The fourth-order valence-corrected chi connectivity index (χ4v) is 4.28. The molecule has 1 N–H and O–H groups in total. The summed E-state index contributed by atoms with van der Waals surface area (Å²) in [5.41, 5.74) is 5.58. The van der Waals surface area contributed by atoms with Crippen LogP contribution in [0.3, 0.4) is 0 Å². The quantitative estimate of drug-likeness (QED) is 0.473. The Kier molecular flexibility index (Phi) is 6.33. The van der Waals surface area contributed by atoms with Gasteiger partial charge >= 0.3 is 12.1 Å². The molecule has 0 radical (unpaired) electrons. The highest BCUT2D eigenvalue weighted by atomic mass is 19.4. The molecule has 32 heavy (non-hydrogen) atoms. The van der Waals surface area contributed by atoms with E-state index in [4.69, 9.17) is 9.84 Å². The predicted octanol–water partition coefficient (Wildman–Crippen LogP) is 6.25. The molecule has 3 aromatic carbocycles. The Bertz CT molecular complexity index is 1090. The number of carbonyl (C=O) groups is 1. The molecule has 0 fully saturated rings. The Balaban J connectivity index is 1.43. The zero-order chi connectivity index (χ0) is 22.7. The van der Waals surface area contributed by atoms with Crippen molar-refractivity contribution < 1.29 is 27.8 Å². The van der Waals surface area contributed by atoms with Crippen LogP contribution in [0.25, 0.3) is 11.1 Å². The third-order valence-electron chi connectivity index (χ3n) is 5.88. The lowest BCUT2D eigenvalue weighted by molar-refractivity contribution is -0.144. The lowest BCUT2D eigenvalue weighted by Gasteiger charge is -2.16. The summed E-state index contributed by atoms with van der Waals surface area (Å²) in [7, 11) is 0. The van der Waals surface area contributed by atoms with Crippen LogP contribution < -0.4 is 0 Å². The van der Waals surface area contributed by atoms with E-state index in [9.17, 15) is 18.0 Å². The molecule has 4 rings (SSSR count). The third kappa shape index (κ3) is 5.02. The Hall–Kier alpha value is -3.12. The number of carboxylic acids is 1. The summed E-state index contributed by atoms with van der Waals surface area (Å²) >= 11 is 0. The molecule has 1 unspecified atom stereocenters. The molecule has 166 valence electrons. The van der Waals surface area contributed by atoms with Gasteiger partial charge in [0.15, 0.2) is 0 Å². The summed E-state index contributed by atoms with van der Waals surface area (Å²) < 4.78 is 43.9. The lowest BCUT2D eigenvalue weighted by Crippen LogP contribution is -2.11. The van der Waals surface area contributed by atoms with Crippen molar-refractivity contribution in [1.82, 2.24) is 0 Å². The van der Waals surface area contributed by atoms with Gasteiger partial charge < -0.3 is 9.84 Å². The molecule has 3 aromatic rings. The number of fused-ring (bicyclic) bond motifs is 1. The second-order valence-electron chi connectivity index (χ2n) is 7.99. The summed E-state index contributed by atoms with van der Waals surface area (Å²) in [4.78, 5) is 10.9. The molecule has 6 heteroatoms. The Labute approximate surface area is 184 Å². The molecule has 0 saturated carbocycles. The topological polar surface area (TPSA) is 46.5 Å². The second-order valence-corrected chi connectivity index (χ2v) is 7.99. The van der Waals surface area contributed by atoms with Crippen LogP contribution in [0.1, 0.15) is 40.3 Å². The summed E-state index contributed by atoms with van der Waals surface area (Å²) in [6.07, 6.45) is -1.24. The summed E-state index contributed by atoms with van der Waals surface area (Å²) in [5.74, 6) is -0.968. The number of hydrogen-bond donors (Lipinski definition) is 1. The number of aryl methyl sites for hydroxylation is 3. The van der Waals surface area contributed by atoms with Gasteiger partial charge in [-0.1, -0.05) is 54.6 Å². The fraction of sp³-hybridized carbons (Fsp3) is 0.269. The zero-order valence-electron chi connectivity index (χ0n) is 17.4. The molecule has 0 amide bonds. The van der Waals surface area contributed by atoms with Crippen molar-refractivity contribution in [3.05, 3.63) is 94.5 Å². The van der Waals surface area contributed by atoms with E-state index in [1.165, 1.54) is 23.3 Å². The van der Waals surface area contributed by atoms with E-state index in [2.05, 4.69) is 12.1 Å². The van der Waals surface area contributed by atoms with Gasteiger partial charge in [-0.2, -0.15) is 13.2 Å². The zero-order valence-corrected chi connectivity index (χ0v) is 17.4. The molecule has 0 spiro atoms. The van der Waals surface area contributed by atoms with Crippen molar-refractivity contribution in [2.24, 2.45) is 0 Å². The van der Waals surface area contributed by atoms with E-state index in [1.807, 2.05) is 30.3 Å². The molecular formula is C26H23F3O3. The van der Waals surface area contributed by atoms with E-state index in [-0.39, 0.29) is 12.7 Å². The summed E-state index contributed by atoms with van der Waals surface area (Å²) in [5, 5.41) is 8.92. The van der Waals surface area contributed by atoms with Crippen LogP contribution in [-0.4, -0.2) is 17.7 Å². The molecule has 0 aliphatic heterocycles. The van der Waals surface area contributed by atoms with Crippen LogP contribution in [0.4, 0.5) is 13.2 Å². The highest BCUT2D eigenvalue weighted by Crippen LogP contribution is 2.37. The molecule has 0 bridgehead atoms. The minimum Gasteiger partial charge on any atom is -0.480 e. The van der Waals surface area contributed by atoms with Crippen LogP contribution in [0.5, 0.6) is 0 Å². The van der Waals surface area contributed by atoms with E-state index < -0.39 is 17.7 Å². The first-order valence-corrected chi connectivity index (χ1v) is 10.5. The maximum atomic E-state index is 12.8. The van der Waals surface area contributed by atoms with Crippen LogP contribution >= 0.6 is 0 Å². The molecule has 0 heterocycles. The SMILES string of the molecule is O=C(O)COC1CCc2cccc(CCc3ccc(-c4ccc(C(F)(F)F)cc4)cc3)c21. The second kappa shape index (κ2) is 9.17. The van der Waals surface area contributed by atoms with E-state index in [0.717, 1.165) is 60.1 Å². The van der Waals surface area contributed by atoms with Crippen molar-refractivity contribution in [2.75, 3.05) is 6.61 Å². The molecule has 1 aliphatic carbocycles. The van der Waals surface area contributed by atoms with Crippen LogP contribution in [0, 0.1) is 0 Å². The van der Waals surface area contributed by atoms with Crippen LogP contribution in [0.15, 0.2) is 66.7 Å². The monoisotopic (exact) mass is 440 g/mol. The first-order valence-electron chi connectivity index (χ1n) is 10.5. The fourth-order valence-electron chi connectivity index (χ4n) is 4.28. The standard InChI is InChI=1S/C26H23F3O3/c27-26(28,29)22-13-10-19(11-14-22)18-7-4-17(5-8-18)6-9-20-2-1-3-21-12-15-23(25(20)21)32-16-24(30)31/h1-5,7-8,10-11,13-14,23H,6,9,12,15-16H2,(H,30,31). The number of benzene rings is 3. The van der Waals surface area contributed by atoms with Gasteiger partial charge in [0.2, 0.25) is 0 Å². The number of hydrogen-bond acceptors (Lipinski definition) is 2. The number of carboxylic acid groups (broad SMARTS) is 1. The van der Waals surface area contributed by atoms with Gasteiger partial charge in [-0.25, -0.2) is 4.79 Å². The number of halogens is 3. The maximum Gasteiger partial charge on any atom is 0.416 e. The summed E-state index contributed by atoms with van der Waals surface area (Å²) in [6, 6.07) is 19.2. The Morgan fingerprint density at radius 2 is 1.59 bits per heavy atom. The van der Waals surface area contributed by atoms with Crippen molar-refractivity contribution in [1.29, 1.82) is 0 Å². The van der Waals surface area contributed by atoms with Crippen molar-refractivity contribution >= 4 is 5.97 Å². The number of aliphatic carboxylic acids is 1. The Morgan fingerprint density at radius 3 is 2.22 bits per heavy atom. The smallest absolute Gasteiger partial charge is 0.416 e. The van der Waals surface area contributed by atoms with Gasteiger partial charge in [0.25, 0.3) is 0 Å². The molecular weight excluding hydrogens is 417 g/mol. The highest BCUT2D eigenvalue weighted by molar-refractivity contribution is 5.68. The average Bonchev–Trinajstić information content (AvgIpc) is 3.20. The van der Waals surface area contributed by atoms with Crippen LogP contribution in [0.2, 0.25) is 0 Å². The van der Waals surface area contributed by atoms with Gasteiger partial charge in [-0.15, -0.1) is 0 Å². The van der Waals surface area contributed by atoms with Crippen LogP contribution in [-0.2, 0) is 35.0 Å². The minimum atomic E-state index is -4.34. The van der Waals surface area contributed by atoms with Gasteiger partial charge in [0, 0.05) is 0 Å². The number of alkyl halides is 3. The number of ether oxygens (including phenoxy) is 1. The first kappa shape index (κ1) is 22.1. The van der Waals surface area contributed by atoms with Crippen molar-refractivity contribution in [2.45, 2.75) is 38.0 Å². The summed E-state index contributed by atoms with van der Waals surface area (Å²) in [6.45, 7) is -0.302. The van der Waals surface area contributed by atoms with Crippen molar-refractivity contribution in [3.63, 3.8) is 0 Å². The molecule has 0 aromatic heterocycles. The van der Waals surface area contributed by atoms with Gasteiger partial charge in [0.1, 0.15) is 6.61 Å². The van der Waals surface area contributed by atoms with Gasteiger partial charge in [-0.3, -0.25) is 0 Å². The average molecular weight is 440 g/mol. The van der Waals surface area contributed by atoms with E-state index >= 15 is 0 Å². The third-order valence-corrected chi connectivity index (χ3v) is 5.88. The van der Waals surface area contributed by atoms with Gasteiger partial charge in [0.05, 0.1) is 11.7 Å². The largest absolute Gasteiger partial charge is 0.480 e. The van der Waals surface area contributed by atoms with Crippen molar-refractivity contribution in [3.8, 4) is 11.1 Å². The highest BCUT2D eigenvalue weighted by Gasteiger charge is 2.30. The molecule has 1 atom stereocenters. The number of rotatable bonds is 7. The molecule has 0 saturated heterocycles. The molecule has 3 nitrogen and oxygen atoms in total. The van der Waals surface area contributed by atoms with Gasteiger partial charge in [-0.05, 0) is 71.2 Å². The lowest BCUT2D eigenvalue weighted by atomic mass is 9.95. The minimum absolute atomic E-state index is 0.181. The first-order chi connectivity index (χ1) is 15.3. The Morgan fingerprint density at radius 1 is 0.938 bits per heavy atom. The van der Waals surface area contributed by atoms with E-state index in [1.54, 1.807) is 0 Å². The molecule has 1 aliphatic rings.